The average molecular weight is 1600 g/mol. The van der Waals surface area contributed by atoms with Crippen LogP contribution in [0.5, 0.6) is 0 Å². The molecule has 23 N–H and O–H groups in total. The van der Waals surface area contributed by atoms with Crippen LogP contribution in [-0.4, -0.2) is 235 Å². The molecular weight excluding hydrogens is 1500 g/mol. The van der Waals surface area contributed by atoms with Gasteiger partial charge < -0.3 is 116 Å². The normalized spacial score (nSPS) is 21.4. The Bertz CT molecular complexity index is 4160. The molecule has 2 aromatic carbocycles. The van der Waals surface area contributed by atoms with E-state index < -0.39 is 243 Å². The van der Waals surface area contributed by atoms with E-state index in [0.29, 0.717) is 51.7 Å². The molecule has 13 atom stereocenters. The van der Waals surface area contributed by atoms with Crippen LogP contribution in [0.1, 0.15) is 142 Å². The topological polar surface area (TPSA) is 654 Å². The number of nitrogens with two attached hydrogens (primary N) is 2. The molecule has 0 saturated carbocycles. The van der Waals surface area contributed by atoms with Crippen molar-refractivity contribution in [1.29, 1.82) is 0 Å². The largest absolute Gasteiger partial charge is 0.481 e. The van der Waals surface area contributed by atoms with Gasteiger partial charge in [0.15, 0.2) is 0 Å². The van der Waals surface area contributed by atoms with E-state index in [1.165, 1.54) is 6.20 Å². The third-order valence-corrected chi connectivity index (χ3v) is 18.4. The quantitative estimate of drug-likeness (QED) is 0.0161. The Hall–Kier alpha value is -12.6. The number of ether oxygens (including phenoxy) is 1. The lowest BCUT2D eigenvalue weighted by molar-refractivity contribution is -0.156. The van der Waals surface area contributed by atoms with E-state index in [0.717, 1.165) is 46.5 Å². The lowest BCUT2D eigenvalue weighted by atomic mass is 10.00. The number of carboxylic acid groups (broad SMARTS) is 4. The number of unbranched alkanes of at least 4 members (excludes halogenated alkanes) is 3. The minimum Gasteiger partial charge on any atom is -0.481 e. The lowest BCUT2D eigenvalue weighted by Crippen LogP contribution is -2.61. The number of para-hydroxylation sites is 2. The third-order valence-electron chi connectivity index (χ3n) is 18.4. The van der Waals surface area contributed by atoms with Crippen LogP contribution < -0.4 is 80.6 Å². The van der Waals surface area contributed by atoms with Crippen LogP contribution in [0.3, 0.4) is 0 Å². The lowest BCUT2D eigenvalue weighted by Gasteiger charge is -2.29. The molecule has 41 nitrogen and oxygen atoms in total. The van der Waals surface area contributed by atoms with Crippen molar-refractivity contribution in [3.05, 3.63) is 72.1 Å². The number of carbonyl (C=O) groups is 19. The number of H-pyrrole nitrogens is 2. The highest BCUT2D eigenvalue weighted by Crippen LogP contribution is 2.23. The van der Waals surface area contributed by atoms with Crippen LogP contribution in [0.4, 0.5) is 0 Å². The third kappa shape index (κ3) is 30.6. The second-order valence-electron chi connectivity index (χ2n) is 27.6. The number of cyclic esters (lactones) is 1. The number of benzene rings is 2. The van der Waals surface area contributed by atoms with Crippen LogP contribution >= 0.6 is 0 Å². The average Bonchev–Trinajstić information content (AvgIpc) is 1.57. The van der Waals surface area contributed by atoms with Gasteiger partial charge in [0.2, 0.25) is 82.7 Å². The van der Waals surface area contributed by atoms with Gasteiger partial charge in [-0.1, -0.05) is 82.3 Å². The zero-order chi connectivity index (χ0) is 84.5. The summed E-state index contributed by atoms with van der Waals surface area (Å²) in [6.07, 6.45) is -1.35. The molecule has 1 fully saturated rings. The number of carbonyl (C=O) groups excluding carboxylic acids is 15. The van der Waals surface area contributed by atoms with E-state index in [1.54, 1.807) is 54.7 Å². The molecule has 3 heterocycles. The van der Waals surface area contributed by atoms with E-state index in [2.05, 4.69) is 92.9 Å². The zero-order valence-electron chi connectivity index (χ0n) is 63.5. The van der Waals surface area contributed by atoms with Crippen molar-refractivity contribution >= 4 is 134 Å². The molecule has 14 amide bonds. The van der Waals surface area contributed by atoms with Gasteiger partial charge in [-0.2, -0.15) is 0 Å². The van der Waals surface area contributed by atoms with Gasteiger partial charge in [0.25, 0.3) is 0 Å². The molecule has 1 aliphatic rings. The van der Waals surface area contributed by atoms with Crippen molar-refractivity contribution in [2.24, 2.45) is 17.4 Å². The number of rotatable bonds is 33. The maximum absolute atomic E-state index is 14.9. The fourth-order valence-electron chi connectivity index (χ4n) is 12.0. The fourth-order valence-corrected chi connectivity index (χ4v) is 12.0. The monoisotopic (exact) mass is 1600 g/mol. The summed E-state index contributed by atoms with van der Waals surface area (Å²) in [5.74, 6) is -24.8. The first kappa shape index (κ1) is 92.0. The fraction of sp³-hybridized carbons (Fsp3) is 0.521. The first-order valence-corrected chi connectivity index (χ1v) is 37.0. The van der Waals surface area contributed by atoms with Crippen molar-refractivity contribution in [3.8, 4) is 0 Å². The minimum absolute atomic E-state index is 0.000625. The Labute approximate surface area is 652 Å². The molecule has 622 valence electrons. The minimum atomic E-state index is -2.33. The number of primary amides is 1. The standard InChI is InChI=1S/C73H101N17O24/c1-6-36(2)16-9-7-8-10-22-55(92)83-48(26-40-32-76-44-19-13-11-17-42(40)44)69(109)86-49(28-54(75)91)70(110)88-52(31-61(101)102)71(111)90-62-39(5)114-73(113)53(27-41-33-77-45-20-14-12-18-43(41)45)89-67(107)47(23-24-58(95)96)84-63(103)37(3)80-56(93)34-78-65(105)50(29-59(97)98)85-64(104)38(4)81-68(108)51(30-60(99)100)87-66(106)46(21-15-25-74)82-57(94)35-79-72(62)112/h11-14,17-20,32-33,36-39,46-53,62,76-77H,6-10,15-16,21-31,34-35,74H2,1-5H3,(H2,75,91)(H,78,105)(H,79,112)(H,80,93)(H,81,108)(H,82,94)(H,83,92)(H,84,103)(H,85,104)(H,86,109)(H,87,106)(H,88,110)(H,89,107)(H,90,111)(H,95,96)(H,97,98)(H,99,100)(H,101,102). The number of aromatic amines is 2. The van der Waals surface area contributed by atoms with Crippen molar-refractivity contribution in [2.45, 2.75) is 216 Å². The van der Waals surface area contributed by atoms with Crippen LogP contribution in [0.15, 0.2) is 60.9 Å². The molecule has 114 heavy (non-hydrogen) atoms. The van der Waals surface area contributed by atoms with E-state index in [1.807, 2.05) is 0 Å². The van der Waals surface area contributed by atoms with E-state index >= 15 is 0 Å². The first-order chi connectivity index (χ1) is 54.0. The molecule has 0 radical (unpaired) electrons. The molecule has 13 unspecified atom stereocenters. The number of esters is 1. The van der Waals surface area contributed by atoms with Gasteiger partial charge in [0.1, 0.15) is 72.6 Å². The summed E-state index contributed by atoms with van der Waals surface area (Å²) >= 11 is 0. The van der Waals surface area contributed by atoms with Crippen LogP contribution in [0, 0.1) is 5.92 Å². The number of aromatic nitrogens is 2. The Kier molecular flexibility index (Phi) is 36.9. The van der Waals surface area contributed by atoms with Gasteiger partial charge in [-0.05, 0) is 82.2 Å². The highest BCUT2D eigenvalue weighted by atomic mass is 16.5. The summed E-state index contributed by atoms with van der Waals surface area (Å²) in [6, 6.07) is -7.55. The van der Waals surface area contributed by atoms with E-state index in [-0.39, 0.29) is 32.2 Å². The second-order valence-corrected chi connectivity index (χ2v) is 27.6. The maximum Gasteiger partial charge on any atom is 0.329 e. The zero-order valence-corrected chi connectivity index (χ0v) is 63.5. The number of nitrogens with one attached hydrogen (secondary N) is 15. The SMILES string of the molecule is CCC(C)CCCCCCC(=O)NC(Cc1c[nH]c2ccccc12)C(=O)NC(CC(N)=O)C(=O)NC(CC(=O)O)C(=O)NC1C(=O)NCC(=O)NC(CCCN)C(=O)NC(CC(=O)O)C(=O)NC(C)C(=O)NC(CC(=O)O)C(=O)NCC(=O)NC(C)C(=O)NC(CCC(=O)O)C(=O)NC(Cc2c[nH]c3ccccc23)C(=O)OC1C. The number of hydrogen-bond acceptors (Lipinski definition) is 21. The van der Waals surface area contributed by atoms with Crippen molar-refractivity contribution in [3.63, 3.8) is 0 Å². The molecule has 1 aliphatic heterocycles. The summed E-state index contributed by atoms with van der Waals surface area (Å²) in [4.78, 5) is 265. The predicted octanol–water partition coefficient (Wildman–Crippen LogP) is -3.73. The van der Waals surface area contributed by atoms with Gasteiger partial charge in [-0.15, -0.1) is 0 Å². The molecule has 2 aromatic heterocycles. The molecule has 41 heteroatoms. The van der Waals surface area contributed by atoms with Crippen LogP contribution in [0.2, 0.25) is 0 Å². The van der Waals surface area contributed by atoms with Crippen LogP contribution in [-0.2, 0) is 109 Å². The number of carboxylic acids is 4. The smallest absolute Gasteiger partial charge is 0.329 e. The van der Waals surface area contributed by atoms with Gasteiger partial charge in [-0.3, -0.25) is 86.3 Å². The van der Waals surface area contributed by atoms with Gasteiger partial charge in [-0.25, -0.2) is 4.79 Å². The Morgan fingerprint density at radius 1 is 0.509 bits per heavy atom. The number of fused-ring (bicyclic) bond motifs is 2. The molecule has 4 aromatic rings. The Morgan fingerprint density at radius 3 is 1.59 bits per heavy atom. The molecule has 0 spiro atoms. The van der Waals surface area contributed by atoms with Gasteiger partial charge in [0, 0.05) is 59.9 Å². The Balaban J connectivity index is 1.57. The van der Waals surface area contributed by atoms with E-state index in [9.17, 15) is 112 Å². The van der Waals surface area contributed by atoms with E-state index in [4.69, 9.17) is 16.2 Å². The summed E-state index contributed by atoms with van der Waals surface area (Å²) < 4.78 is 5.84. The van der Waals surface area contributed by atoms with Gasteiger partial charge in [0.05, 0.1) is 38.8 Å². The first-order valence-electron chi connectivity index (χ1n) is 37.0. The summed E-state index contributed by atoms with van der Waals surface area (Å²) in [6.45, 7) is 4.98. The summed E-state index contributed by atoms with van der Waals surface area (Å²) in [7, 11) is 0. The van der Waals surface area contributed by atoms with Crippen molar-refractivity contribution < 1.29 is 116 Å². The predicted molar refractivity (Wildman–Crippen MR) is 401 cm³/mol. The number of hydrogen-bond donors (Lipinski definition) is 21. The maximum atomic E-state index is 14.9. The highest BCUT2D eigenvalue weighted by Gasteiger charge is 2.40. The van der Waals surface area contributed by atoms with Crippen molar-refractivity contribution in [1.82, 2.24) is 79.1 Å². The molecular formula is C73H101N17O24. The summed E-state index contributed by atoms with van der Waals surface area (Å²) in [5.41, 5.74) is 13.3. The molecule has 0 aliphatic carbocycles. The van der Waals surface area contributed by atoms with Gasteiger partial charge >= 0.3 is 29.8 Å². The van der Waals surface area contributed by atoms with Crippen molar-refractivity contribution in [2.75, 3.05) is 19.6 Å². The molecule has 1 saturated heterocycles. The number of aliphatic carboxylic acids is 4. The summed E-state index contributed by atoms with van der Waals surface area (Å²) in [5, 5.41) is 69.8. The van der Waals surface area contributed by atoms with Crippen LogP contribution in [0.25, 0.3) is 21.8 Å². The number of amides is 14. The molecule has 5 rings (SSSR count). The molecule has 0 bridgehead atoms. The second kappa shape index (κ2) is 45.7. The Morgan fingerprint density at radius 2 is 1.01 bits per heavy atom. The highest BCUT2D eigenvalue weighted by molar-refractivity contribution is 6.02.